The lowest BCUT2D eigenvalue weighted by molar-refractivity contribution is 0.0894. The van der Waals surface area contributed by atoms with Gasteiger partial charge in [0.2, 0.25) is 0 Å². The summed E-state index contributed by atoms with van der Waals surface area (Å²) in [4.78, 5) is 12.6. The molecular weight excluding hydrogens is 331 g/mol. The third-order valence-electron chi connectivity index (χ3n) is 4.46. The summed E-state index contributed by atoms with van der Waals surface area (Å²) in [6.07, 6.45) is 2.95. The summed E-state index contributed by atoms with van der Waals surface area (Å²) < 4.78 is 15.4. The van der Waals surface area contributed by atoms with Gasteiger partial charge >= 0.3 is 0 Å². The summed E-state index contributed by atoms with van der Waals surface area (Å²) in [5, 5.41) is 7.17. The van der Waals surface area contributed by atoms with Gasteiger partial charge in [-0.05, 0) is 31.9 Å². The van der Waals surface area contributed by atoms with Gasteiger partial charge < -0.3 is 11.1 Å². The van der Waals surface area contributed by atoms with Crippen LogP contribution in [-0.2, 0) is 0 Å². The van der Waals surface area contributed by atoms with Gasteiger partial charge in [-0.1, -0.05) is 26.0 Å². The predicted octanol–water partition coefficient (Wildman–Crippen LogP) is 2.99. The van der Waals surface area contributed by atoms with E-state index in [1.165, 1.54) is 16.9 Å². The summed E-state index contributed by atoms with van der Waals surface area (Å²) in [7, 11) is 0. The van der Waals surface area contributed by atoms with Crippen molar-refractivity contribution in [1.29, 1.82) is 0 Å². The van der Waals surface area contributed by atoms with Crippen molar-refractivity contribution < 1.29 is 9.18 Å². The molecule has 0 atom stereocenters. The number of nitrogens with one attached hydrogen (secondary N) is 1. The van der Waals surface area contributed by atoms with Gasteiger partial charge in [0, 0.05) is 6.54 Å². The fraction of sp³-hybridized carbons (Fsp3) is 0.412. The highest BCUT2D eigenvalue weighted by atomic mass is 35.5. The number of hydrogen-bond donors (Lipinski definition) is 2. The van der Waals surface area contributed by atoms with Gasteiger partial charge in [-0.25, -0.2) is 9.07 Å². The lowest BCUT2D eigenvalue weighted by atomic mass is 9.92. The normalized spacial score (nSPS) is 11.0. The first kappa shape index (κ1) is 20.1. The molecule has 24 heavy (non-hydrogen) atoms. The van der Waals surface area contributed by atoms with Gasteiger partial charge in [0.15, 0.2) is 0 Å². The molecule has 1 aromatic heterocycles. The van der Waals surface area contributed by atoms with Crippen molar-refractivity contribution in [3.05, 3.63) is 47.5 Å². The van der Waals surface area contributed by atoms with E-state index in [-0.39, 0.29) is 24.1 Å². The maximum absolute atomic E-state index is 13.9. The average Bonchev–Trinajstić information content (AvgIpc) is 2.95. The summed E-state index contributed by atoms with van der Waals surface area (Å²) >= 11 is 0. The highest BCUT2D eigenvalue weighted by Gasteiger charge is 2.28. The van der Waals surface area contributed by atoms with Crippen LogP contribution in [0.4, 0.5) is 4.39 Å². The molecule has 132 valence electrons. The minimum atomic E-state index is -0.427. The van der Waals surface area contributed by atoms with E-state index >= 15 is 0 Å². The van der Waals surface area contributed by atoms with E-state index in [1.54, 1.807) is 25.1 Å². The Balaban J connectivity index is 0.00000288. The molecule has 1 amide bonds. The lowest BCUT2D eigenvalue weighted by Crippen LogP contribution is -2.52. The van der Waals surface area contributed by atoms with Crippen molar-refractivity contribution >= 4 is 18.3 Å². The number of nitrogens with zero attached hydrogens (tertiary/aromatic N) is 2. The summed E-state index contributed by atoms with van der Waals surface area (Å²) in [5.41, 5.74) is 6.73. The number of benzene rings is 1. The molecule has 0 fully saturated rings. The summed E-state index contributed by atoms with van der Waals surface area (Å²) in [6, 6.07) is 6.33. The fourth-order valence-corrected chi connectivity index (χ4v) is 2.57. The molecule has 0 saturated carbocycles. The molecule has 0 aliphatic heterocycles. The third-order valence-corrected chi connectivity index (χ3v) is 4.46. The first-order valence-electron chi connectivity index (χ1n) is 7.80. The van der Waals surface area contributed by atoms with Crippen molar-refractivity contribution in [3.8, 4) is 5.69 Å². The van der Waals surface area contributed by atoms with Gasteiger partial charge in [-0.3, -0.25) is 4.79 Å². The molecular formula is C17H24ClFN4O. The lowest BCUT2D eigenvalue weighted by Gasteiger charge is -2.31. The smallest absolute Gasteiger partial charge is 0.255 e. The first-order valence-corrected chi connectivity index (χ1v) is 7.80. The zero-order valence-electron chi connectivity index (χ0n) is 14.2. The number of aromatic nitrogens is 2. The molecule has 0 radical (unpaired) electrons. The SMILES string of the molecule is CCC(CC)(CN)NC(=O)c1cnn(-c2ccccc2F)c1C.Cl. The van der Waals surface area contributed by atoms with Crippen LogP contribution in [0.25, 0.3) is 5.69 Å². The predicted molar refractivity (Wildman–Crippen MR) is 95.3 cm³/mol. The molecule has 2 rings (SSSR count). The number of halogens is 2. The number of amides is 1. The van der Waals surface area contributed by atoms with Crippen LogP contribution in [0.2, 0.25) is 0 Å². The molecule has 0 unspecified atom stereocenters. The Labute approximate surface area is 147 Å². The Morgan fingerprint density at radius 3 is 2.50 bits per heavy atom. The fourth-order valence-electron chi connectivity index (χ4n) is 2.57. The Morgan fingerprint density at radius 1 is 1.33 bits per heavy atom. The molecule has 3 N–H and O–H groups in total. The summed E-state index contributed by atoms with van der Waals surface area (Å²) in [5.74, 6) is -0.622. The van der Waals surface area contributed by atoms with Gasteiger partial charge in [0.25, 0.3) is 5.91 Å². The summed E-state index contributed by atoms with van der Waals surface area (Å²) in [6.45, 7) is 6.10. The standard InChI is InChI=1S/C17H23FN4O.ClH/c1-4-17(5-2,11-19)21-16(23)13-10-20-22(12(13)3)15-9-7-6-8-14(15)18;/h6-10H,4-5,11,19H2,1-3H3,(H,21,23);1H. The van der Waals surface area contributed by atoms with Crippen molar-refractivity contribution in [3.63, 3.8) is 0 Å². The topological polar surface area (TPSA) is 72.9 Å². The number of para-hydroxylation sites is 1. The maximum Gasteiger partial charge on any atom is 0.255 e. The van der Waals surface area contributed by atoms with E-state index in [4.69, 9.17) is 5.73 Å². The van der Waals surface area contributed by atoms with Crippen LogP contribution in [0.5, 0.6) is 0 Å². The average molecular weight is 355 g/mol. The number of rotatable bonds is 6. The molecule has 0 aliphatic rings. The molecule has 0 bridgehead atoms. The van der Waals surface area contributed by atoms with E-state index in [1.807, 2.05) is 13.8 Å². The second-order valence-corrected chi connectivity index (χ2v) is 5.65. The Hall–Kier alpha value is -1.92. The number of hydrogen-bond acceptors (Lipinski definition) is 3. The molecule has 7 heteroatoms. The van der Waals surface area contributed by atoms with Gasteiger partial charge in [-0.2, -0.15) is 5.10 Å². The highest BCUT2D eigenvalue weighted by Crippen LogP contribution is 2.19. The number of carbonyl (C=O) groups excluding carboxylic acids is 1. The zero-order valence-corrected chi connectivity index (χ0v) is 15.0. The minimum Gasteiger partial charge on any atom is -0.345 e. The highest BCUT2D eigenvalue weighted by molar-refractivity contribution is 5.95. The number of nitrogens with two attached hydrogens (primary N) is 1. The zero-order chi connectivity index (χ0) is 17.0. The Morgan fingerprint density at radius 2 is 1.96 bits per heavy atom. The molecule has 1 heterocycles. The molecule has 1 aromatic carbocycles. The van der Waals surface area contributed by atoms with Gasteiger partial charge in [-0.15, -0.1) is 12.4 Å². The Bertz CT molecular complexity index is 689. The van der Waals surface area contributed by atoms with Crippen LogP contribution in [0.15, 0.2) is 30.5 Å². The van der Waals surface area contributed by atoms with E-state index in [0.717, 1.165) is 12.8 Å². The minimum absolute atomic E-state index is 0. The third kappa shape index (κ3) is 3.76. The van der Waals surface area contributed by atoms with E-state index in [9.17, 15) is 9.18 Å². The van der Waals surface area contributed by atoms with Crippen LogP contribution in [0.3, 0.4) is 0 Å². The molecule has 0 saturated heterocycles. The Kier molecular flexibility index (Phi) is 6.93. The van der Waals surface area contributed by atoms with Crippen molar-refractivity contribution in [1.82, 2.24) is 15.1 Å². The van der Waals surface area contributed by atoms with Gasteiger partial charge in [0.05, 0.1) is 23.0 Å². The second kappa shape index (κ2) is 8.26. The second-order valence-electron chi connectivity index (χ2n) is 5.65. The van der Waals surface area contributed by atoms with Crippen LogP contribution in [-0.4, -0.2) is 27.8 Å². The molecule has 5 nitrogen and oxygen atoms in total. The molecule has 0 aliphatic carbocycles. The molecule has 2 aromatic rings. The van der Waals surface area contributed by atoms with E-state index < -0.39 is 5.54 Å². The van der Waals surface area contributed by atoms with E-state index in [0.29, 0.717) is 23.5 Å². The quantitative estimate of drug-likeness (QED) is 0.837. The van der Waals surface area contributed by atoms with Crippen molar-refractivity contribution in [2.24, 2.45) is 5.73 Å². The van der Waals surface area contributed by atoms with Crippen molar-refractivity contribution in [2.45, 2.75) is 39.2 Å². The van der Waals surface area contributed by atoms with Crippen molar-refractivity contribution in [2.75, 3.05) is 6.54 Å². The van der Waals surface area contributed by atoms with Gasteiger partial charge in [0.1, 0.15) is 11.5 Å². The maximum atomic E-state index is 13.9. The number of carbonyl (C=O) groups is 1. The van der Waals surface area contributed by atoms with Crippen LogP contribution >= 0.6 is 12.4 Å². The monoisotopic (exact) mass is 354 g/mol. The largest absolute Gasteiger partial charge is 0.345 e. The van der Waals surface area contributed by atoms with Crippen LogP contribution in [0.1, 0.15) is 42.7 Å². The van der Waals surface area contributed by atoms with E-state index in [2.05, 4.69) is 10.4 Å². The van der Waals surface area contributed by atoms with Crippen LogP contribution < -0.4 is 11.1 Å². The van der Waals surface area contributed by atoms with Crippen LogP contribution in [0, 0.1) is 12.7 Å². The molecule has 0 spiro atoms. The first-order chi connectivity index (χ1) is 11.0.